The number of piperidine rings is 1. The highest BCUT2D eigenvalue weighted by Crippen LogP contribution is 2.27. The fourth-order valence-corrected chi connectivity index (χ4v) is 5.80. The second-order valence-corrected chi connectivity index (χ2v) is 10.6. The van der Waals surface area contributed by atoms with Gasteiger partial charge in [-0.25, -0.2) is 13.2 Å². The Kier molecular flexibility index (Phi) is 7.36. The van der Waals surface area contributed by atoms with Crippen LogP contribution in [0.2, 0.25) is 0 Å². The number of anilines is 1. The fraction of sp³-hybridized carbons (Fsp3) is 0.417. The minimum Gasteiger partial charge on any atom is -0.452 e. The molecule has 1 aliphatic rings. The van der Waals surface area contributed by atoms with E-state index in [1.54, 1.807) is 0 Å². The predicted octanol–water partition coefficient (Wildman–Crippen LogP) is 3.77. The number of rotatable bonds is 6. The molecule has 0 radical (unpaired) electrons. The maximum Gasteiger partial charge on any atom is 0.338 e. The average Bonchev–Trinajstić information content (AvgIpc) is 2.74. The zero-order valence-electron chi connectivity index (χ0n) is 18.9. The Balaban J connectivity index is 1.61. The van der Waals surface area contributed by atoms with Crippen LogP contribution in [0.4, 0.5) is 5.69 Å². The van der Waals surface area contributed by atoms with Crippen molar-refractivity contribution < 1.29 is 22.7 Å². The molecule has 1 fully saturated rings. The maximum atomic E-state index is 13.0. The predicted molar refractivity (Wildman–Crippen MR) is 123 cm³/mol. The van der Waals surface area contributed by atoms with Crippen molar-refractivity contribution in [2.75, 3.05) is 25.0 Å². The Labute approximate surface area is 189 Å². The molecule has 1 N–H and O–H groups in total. The highest BCUT2D eigenvalue weighted by molar-refractivity contribution is 7.89. The van der Waals surface area contributed by atoms with Crippen LogP contribution in [-0.4, -0.2) is 44.3 Å². The molecule has 1 heterocycles. The molecule has 32 heavy (non-hydrogen) atoms. The average molecular weight is 459 g/mol. The molecule has 2 aromatic carbocycles. The Morgan fingerprint density at radius 2 is 1.56 bits per heavy atom. The van der Waals surface area contributed by atoms with E-state index in [9.17, 15) is 18.0 Å². The van der Waals surface area contributed by atoms with Gasteiger partial charge in [0.05, 0.1) is 10.5 Å². The summed E-state index contributed by atoms with van der Waals surface area (Å²) < 4.78 is 32.5. The third kappa shape index (κ3) is 5.55. The van der Waals surface area contributed by atoms with Crippen LogP contribution in [0.3, 0.4) is 0 Å². The van der Waals surface area contributed by atoms with Crippen molar-refractivity contribution in [2.24, 2.45) is 11.8 Å². The molecule has 0 unspecified atom stereocenters. The molecule has 0 spiro atoms. The van der Waals surface area contributed by atoms with Gasteiger partial charge in [0, 0.05) is 18.8 Å². The first kappa shape index (κ1) is 23.9. The molecular weight excluding hydrogens is 428 g/mol. The van der Waals surface area contributed by atoms with Gasteiger partial charge in [-0.2, -0.15) is 4.31 Å². The number of para-hydroxylation sites is 1. The van der Waals surface area contributed by atoms with Crippen LogP contribution in [0.25, 0.3) is 0 Å². The van der Waals surface area contributed by atoms with Crippen molar-refractivity contribution in [2.45, 2.75) is 39.0 Å². The van der Waals surface area contributed by atoms with Crippen molar-refractivity contribution in [1.82, 2.24) is 4.31 Å². The number of ether oxygens (including phenoxy) is 1. The van der Waals surface area contributed by atoms with Gasteiger partial charge in [0.15, 0.2) is 6.61 Å². The largest absolute Gasteiger partial charge is 0.452 e. The van der Waals surface area contributed by atoms with E-state index in [0.717, 1.165) is 17.5 Å². The van der Waals surface area contributed by atoms with Gasteiger partial charge < -0.3 is 10.1 Å². The highest BCUT2D eigenvalue weighted by atomic mass is 32.2. The number of hydrogen-bond donors (Lipinski definition) is 1. The van der Waals surface area contributed by atoms with Crippen LogP contribution in [0, 0.1) is 25.7 Å². The van der Waals surface area contributed by atoms with Gasteiger partial charge in [-0.3, -0.25) is 4.79 Å². The highest BCUT2D eigenvalue weighted by Gasteiger charge is 2.31. The van der Waals surface area contributed by atoms with Gasteiger partial charge >= 0.3 is 5.97 Å². The fourth-order valence-electron chi connectivity index (χ4n) is 4.12. The standard InChI is InChI=1S/C24H30N2O5S/c1-16-12-17(2)14-26(13-16)32(29,30)21-10-8-20(9-11-21)24(28)31-15-22(27)25-23-18(3)6-5-7-19(23)4/h5-11,16-17H,12-15H2,1-4H3,(H,25,27)/t16-,17-/m1/s1. The first-order chi connectivity index (χ1) is 15.1. The SMILES string of the molecule is Cc1cccc(C)c1NC(=O)COC(=O)c1ccc(S(=O)(=O)N2C[C@H](C)C[C@@H](C)C2)cc1. The van der Waals surface area contributed by atoms with E-state index >= 15 is 0 Å². The summed E-state index contributed by atoms with van der Waals surface area (Å²) >= 11 is 0. The molecule has 1 amide bonds. The first-order valence-corrected chi connectivity index (χ1v) is 12.2. The summed E-state index contributed by atoms with van der Waals surface area (Å²) in [5, 5.41) is 2.76. The van der Waals surface area contributed by atoms with Crippen LogP contribution in [0.5, 0.6) is 0 Å². The molecule has 172 valence electrons. The van der Waals surface area contributed by atoms with E-state index in [2.05, 4.69) is 5.32 Å². The van der Waals surface area contributed by atoms with E-state index in [-0.39, 0.29) is 10.5 Å². The van der Waals surface area contributed by atoms with Gasteiger partial charge in [-0.15, -0.1) is 0 Å². The van der Waals surface area contributed by atoms with Crippen molar-refractivity contribution in [1.29, 1.82) is 0 Å². The number of carbonyl (C=O) groups is 2. The second-order valence-electron chi connectivity index (χ2n) is 8.68. The lowest BCUT2D eigenvalue weighted by atomic mass is 9.94. The minimum atomic E-state index is -3.62. The second kappa shape index (κ2) is 9.83. The number of carbonyl (C=O) groups excluding carboxylic acids is 2. The van der Waals surface area contributed by atoms with Gasteiger partial charge in [0.2, 0.25) is 10.0 Å². The number of benzene rings is 2. The molecule has 3 rings (SSSR count). The summed E-state index contributed by atoms with van der Waals surface area (Å²) in [5.74, 6) is -0.524. The number of hydrogen-bond acceptors (Lipinski definition) is 5. The molecule has 1 aliphatic heterocycles. The maximum absolute atomic E-state index is 13.0. The molecule has 8 heteroatoms. The molecule has 2 aromatic rings. The summed E-state index contributed by atoms with van der Waals surface area (Å²) in [4.78, 5) is 24.7. The summed E-state index contributed by atoms with van der Waals surface area (Å²) in [5.41, 5.74) is 2.71. The van der Waals surface area contributed by atoms with Gasteiger partial charge in [0.1, 0.15) is 0 Å². The first-order valence-electron chi connectivity index (χ1n) is 10.7. The molecule has 1 saturated heterocycles. The van der Waals surface area contributed by atoms with E-state index < -0.39 is 28.5 Å². The van der Waals surface area contributed by atoms with Crippen LogP contribution >= 0.6 is 0 Å². The number of esters is 1. The van der Waals surface area contributed by atoms with Crippen LogP contribution in [-0.2, 0) is 19.6 Å². The van der Waals surface area contributed by atoms with Crippen molar-refractivity contribution in [3.05, 3.63) is 59.2 Å². The smallest absolute Gasteiger partial charge is 0.338 e. The molecular formula is C24H30N2O5S. The topological polar surface area (TPSA) is 92.8 Å². The lowest BCUT2D eigenvalue weighted by Crippen LogP contribution is -2.42. The third-order valence-electron chi connectivity index (χ3n) is 5.64. The van der Waals surface area contributed by atoms with E-state index in [1.807, 2.05) is 45.9 Å². The van der Waals surface area contributed by atoms with Crippen LogP contribution in [0.1, 0.15) is 41.8 Å². The summed E-state index contributed by atoms with van der Waals surface area (Å²) in [7, 11) is -3.62. The van der Waals surface area contributed by atoms with Crippen molar-refractivity contribution in [3.63, 3.8) is 0 Å². The number of sulfonamides is 1. The van der Waals surface area contributed by atoms with Crippen molar-refractivity contribution >= 4 is 27.6 Å². The molecule has 2 atom stereocenters. The molecule has 0 bridgehead atoms. The number of amides is 1. The molecule has 0 aliphatic carbocycles. The zero-order valence-corrected chi connectivity index (χ0v) is 19.7. The van der Waals surface area contributed by atoms with Crippen molar-refractivity contribution in [3.8, 4) is 0 Å². The number of aryl methyl sites for hydroxylation is 2. The van der Waals surface area contributed by atoms with E-state index in [1.165, 1.54) is 28.6 Å². The lowest BCUT2D eigenvalue weighted by Gasteiger charge is -2.34. The Bertz CT molecular complexity index is 1070. The summed E-state index contributed by atoms with van der Waals surface area (Å²) in [6.45, 7) is 8.42. The Morgan fingerprint density at radius 1 is 1.00 bits per heavy atom. The molecule has 0 saturated carbocycles. The minimum absolute atomic E-state index is 0.142. The Morgan fingerprint density at radius 3 is 2.12 bits per heavy atom. The Hall–Kier alpha value is -2.71. The quantitative estimate of drug-likeness (QED) is 0.666. The van der Waals surface area contributed by atoms with E-state index in [4.69, 9.17) is 4.74 Å². The normalized spacial score (nSPS) is 19.4. The number of nitrogens with zero attached hydrogens (tertiary/aromatic N) is 1. The molecule has 0 aromatic heterocycles. The van der Waals surface area contributed by atoms with Gasteiger partial charge in [-0.1, -0.05) is 32.0 Å². The number of nitrogens with one attached hydrogen (secondary N) is 1. The summed E-state index contributed by atoms with van der Waals surface area (Å²) in [6, 6.07) is 11.3. The van der Waals surface area contributed by atoms with Gasteiger partial charge in [-0.05, 0) is 67.5 Å². The van der Waals surface area contributed by atoms with Crippen LogP contribution < -0.4 is 5.32 Å². The monoisotopic (exact) mass is 458 g/mol. The zero-order chi connectivity index (χ0) is 23.5. The van der Waals surface area contributed by atoms with Crippen LogP contribution in [0.15, 0.2) is 47.4 Å². The molecule has 7 nitrogen and oxygen atoms in total. The van der Waals surface area contributed by atoms with Gasteiger partial charge in [0.25, 0.3) is 5.91 Å². The van der Waals surface area contributed by atoms with E-state index in [0.29, 0.717) is 30.6 Å². The summed E-state index contributed by atoms with van der Waals surface area (Å²) in [6.07, 6.45) is 1.01. The third-order valence-corrected chi connectivity index (χ3v) is 7.49. The lowest BCUT2D eigenvalue weighted by molar-refractivity contribution is -0.119.